The van der Waals surface area contributed by atoms with E-state index in [0.717, 1.165) is 0 Å². The van der Waals surface area contributed by atoms with Gasteiger partial charge in [0.1, 0.15) is 6.10 Å². The monoisotopic (exact) mass is 188 g/mol. The average molecular weight is 188 g/mol. The molecule has 0 unspecified atom stereocenters. The van der Waals surface area contributed by atoms with E-state index < -0.39 is 6.10 Å². The van der Waals surface area contributed by atoms with E-state index >= 15 is 0 Å². The number of β-amino-alcohol motifs (C(OH)–C–C–N with tert-alkyl or cyclic N) is 1. The zero-order valence-electron chi connectivity index (χ0n) is 7.77. The van der Waals surface area contributed by atoms with Crippen molar-refractivity contribution < 1.29 is 14.6 Å². The Balaban J connectivity index is 2.43. The number of likely N-dealkylation sites (tertiary alicyclic amines) is 1. The molecule has 0 aromatic carbocycles. The zero-order chi connectivity index (χ0) is 9.84. The Morgan fingerprint density at radius 1 is 1.69 bits per heavy atom. The van der Waals surface area contributed by atoms with Crippen molar-refractivity contribution in [2.45, 2.75) is 18.6 Å². The van der Waals surface area contributed by atoms with Gasteiger partial charge in [0.2, 0.25) is 5.91 Å². The third-order valence-corrected chi connectivity index (χ3v) is 2.25. The normalized spacial score (nSPS) is 28.1. The highest BCUT2D eigenvalue weighted by molar-refractivity contribution is 5.76. The molecule has 1 rings (SSSR count). The van der Waals surface area contributed by atoms with Crippen LogP contribution in [0.15, 0.2) is 0 Å². The van der Waals surface area contributed by atoms with Crippen LogP contribution >= 0.6 is 0 Å². The summed E-state index contributed by atoms with van der Waals surface area (Å²) in [5.74, 6) is -0.0129. The molecule has 13 heavy (non-hydrogen) atoms. The molecule has 1 saturated heterocycles. The largest absolute Gasteiger partial charge is 0.388 e. The maximum atomic E-state index is 11.3. The fourth-order valence-electron chi connectivity index (χ4n) is 1.47. The predicted molar refractivity (Wildman–Crippen MR) is 47.1 cm³/mol. The summed E-state index contributed by atoms with van der Waals surface area (Å²) in [6, 6.07) is 0. The van der Waals surface area contributed by atoms with Gasteiger partial charge in [-0.2, -0.15) is 0 Å². The van der Waals surface area contributed by atoms with Gasteiger partial charge < -0.3 is 20.5 Å². The van der Waals surface area contributed by atoms with Gasteiger partial charge in [0.25, 0.3) is 0 Å². The molecule has 0 bridgehead atoms. The molecule has 1 fully saturated rings. The van der Waals surface area contributed by atoms with Crippen LogP contribution < -0.4 is 5.73 Å². The summed E-state index contributed by atoms with van der Waals surface area (Å²) < 4.78 is 5.01. The standard InChI is InChI=1S/C8H16N2O3/c1-13-7-5-10(4-6(7)11)8(12)2-3-9/h6-7,11H,2-5,9H2,1H3/t6-,7-/m1/s1. The number of nitrogens with zero attached hydrogens (tertiary/aromatic N) is 1. The Kier molecular flexibility index (Phi) is 3.65. The van der Waals surface area contributed by atoms with Crippen molar-refractivity contribution in [2.24, 2.45) is 5.73 Å². The highest BCUT2D eigenvalue weighted by Gasteiger charge is 2.33. The quantitative estimate of drug-likeness (QED) is 0.568. The van der Waals surface area contributed by atoms with Crippen LogP contribution in [0, 0.1) is 0 Å². The van der Waals surface area contributed by atoms with E-state index in [-0.39, 0.29) is 12.0 Å². The smallest absolute Gasteiger partial charge is 0.224 e. The molecule has 1 aliphatic rings. The van der Waals surface area contributed by atoms with E-state index in [1.807, 2.05) is 0 Å². The van der Waals surface area contributed by atoms with Crippen LogP contribution in [0.5, 0.6) is 0 Å². The van der Waals surface area contributed by atoms with E-state index in [1.54, 1.807) is 4.90 Å². The Bertz CT molecular complexity index is 186. The highest BCUT2D eigenvalue weighted by Crippen LogP contribution is 2.13. The van der Waals surface area contributed by atoms with Gasteiger partial charge >= 0.3 is 0 Å². The van der Waals surface area contributed by atoms with Crippen LogP contribution in [0.3, 0.4) is 0 Å². The zero-order valence-corrected chi connectivity index (χ0v) is 7.77. The van der Waals surface area contributed by atoms with Gasteiger partial charge in [0, 0.05) is 33.2 Å². The number of nitrogens with two attached hydrogens (primary N) is 1. The first kappa shape index (κ1) is 10.4. The van der Waals surface area contributed by atoms with Crippen LogP contribution in [0.4, 0.5) is 0 Å². The summed E-state index contributed by atoms with van der Waals surface area (Å²) in [7, 11) is 1.53. The first-order chi connectivity index (χ1) is 6.19. The second-order valence-corrected chi connectivity index (χ2v) is 3.18. The van der Waals surface area contributed by atoms with Gasteiger partial charge in [-0.1, -0.05) is 0 Å². The van der Waals surface area contributed by atoms with Crippen molar-refractivity contribution in [3.05, 3.63) is 0 Å². The second-order valence-electron chi connectivity index (χ2n) is 3.18. The Hall–Kier alpha value is -0.650. The van der Waals surface area contributed by atoms with Gasteiger partial charge in [-0.3, -0.25) is 4.79 Å². The Morgan fingerprint density at radius 2 is 2.38 bits per heavy atom. The number of aliphatic hydroxyl groups excluding tert-OH is 1. The molecule has 0 aromatic heterocycles. The third-order valence-electron chi connectivity index (χ3n) is 2.25. The lowest BCUT2D eigenvalue weighted by Gasteiger charge is -2.14. The van der Waals surface area contributed by atoms with Gasteiger partial charge in [-0.05, 0) is 0 Å². The molecule has 5 nitrogen and oxygen atoms in total. The van der Waals surface area contributed by atoms with Crippen LogP contribution in [0.2, 0.25) is 0 Å². The van der Waals surface area contributed by atoms with E-state index in [4.69, 9.17) is 10.5 Å². The van der Waals surface area contributed by atoms with E-state index in [9.17, 15) is 9.90 Å². The van der Waals surface area contributed by atoms with E-state index in [0.29, 0.717) is 26.1 Å². The predicted octanol–water partition coefficient (Wildman–Crippen LogP) is -1.45. The molecular formula is C8H16N2O3. The summed E-state index contributed by atoms with van der Waals surface area (Å²) in [6.45, 7) is 1.18. The van der Waals surface area contributed by atoms with Crippen LogP contribution in [0.1, 0.15) is 6.42 Å². The minimum absolute atomic E-state index is 0.0129. The average Bonchev–Trinajstić information content (AvgIpc) is 2.47. The SMILES string of the molecule is CO[C@@H]1CN(C(=O)CCN)C[C@H]1O. The fourth-order valence-corrected chi connectivity index (χ4v) is 1.47. The summed E-state index contributed by atoms with van der Waals surface area (Å²) in [4.78, 5) is 12.9. The van der Waals surface area contributed by atoms with Crippen molar-refractivity contribution >= 4 is 5.91 Å². The van der Waals surface area contributed by atoms with Gasteiger partial charge in [0.15, 0.2) is 0 Å². The highest BCUT2D eigenvalue weighted by atomic mass is 16.5. The minimum Gasteiger partial charge on any atom is -0.388 e. The van der Waals surface area contributed by atoms with Gasteiger partial charge in [0.05, 0.1) is 6.10 Å². The summed E-state index contributed by atoms with van der Waals surface area (Å²) in [6.07, 6.45) is -0.475. The van der Waals surface area contributed by atoms with Crippen LogP contribution in [-0.2, 0) is 9.53 Å². The van der Waals surface area contributed by atoms with Crippen molar-refractivity contribution in [3.63, 3.8) is 0 Å². The molecule has 1 aliphatic heterocycles. The van der Waals surface area contributed by atoms with Crippen molar-refractivity contribution in [2.75, 3.05) is 26.7 Å². The summed E-state index contributed by atoms with van der Waals surface area (Å²) >= 11 is 0. The molecule has 1 heterocycles. The number of amides is 1. The summed E-state index contributed by atoms with van der Waals surface area (Å²) in [5.41, 5.74) is 5.26. The molecule has 76 valence electrons. The lowest BCUT2D eigenvalue weighted by Crippen LogP contribution is -2.31. The Labute approximate surface area is 77.5 Å². The molecule has 0 saturated carbocycles. The van der Waals surface area contributed by atoms with E-state index in [1.165, 1.54) is 7.11 Å². The third kappa shape index (κ3) is 2.40. The molecule has 0 aliphatic carbocycles. The molecule has 3 N–H and O–H groups in total. The number of hydrogen-bond acceptors (Lipinski definition) is 4. The summed E-state index contributed by atoms with van der Waals surface area (Å²) in [5, 5.41) is 9.43. The van der Waals surface area contributed by atoms with Crippen LogP contribution in [0.25, 0.3) is 0 Å². The number of carbonyl (C=O) groups is 1. The molecule has 0 radical (unpaired) electrons. The first-order valence-corrected chi connectivity index (χ1v) is 4.37. The number of carbonyl (C=O) groups excluding carboxylic acids is 1. The number of ether oxygens (including phenoxy) is 1. The van der Waals surface area contributed by atoms with Gasteiger partial charge in [-0.15, -0.1) is 0 Å². The maximum Gasteiger partial charge on any atom is 0.224 e. The van der Waals surface area contributed by atoms with Gasteiger partial charge in [-0.25, -0.2) is 0 Å². The second kappa shape index (κ2) is 4.55. The molecule has 0 aromatic rings. The fraction of sp³-hybridized carbons (Fsp3) is 0.875. The lowest BCUT2D eigenvalue weighted by molar-refractivity contribution is -0.130. The first-order valence-electron chi connectivity index (χ1n) is 4.37. The number of rotatable bonds is 3. The molecule has 1 amide bonds. The molecular weight excluding hydrogens is 172 g/mol. The lowest BCUT2D eigenvalue weighted by atomic mass is 10.3. The van der Waals surface area contributed by atoms with Crippen molar-refractivity contribution in [1.29, 1.82) is 0 Å². The molecule has 0 spiro atoms. The number of methoxy groups -OCH3 is 1. The van der Waals surface area contributed by atoms with Crippen LogP contribution in [-0.4, -0.2) is 54.9 Å². The molecule has 5 heteroatoms. The molecule has 2 atom stereocenters. The number of hydrogen-bond donors (Lipinski definition) is 2. The van der Waals surface area contributed by atoms with E-state index in [2.05, 4.69) is 0 Å². The minimum atomic E-state index is -0.563. The maximum absolute atomic E-state index is 11.3. The van der Waals surface area contributed by atoms with Crippen molar-refractivity contribution in [3.8, 4) is 0 Å². The van der Waals surface area contributed by atoms with Crippen molar-refractivity contribution in [1.82, 2.24) is 4.90 Å². The Morgan fingerprint density at radius 3 is 2.85 bits per heavy atom. The number of aliphatic hydroxyl groups is 1. The topological polar surface area (TPSA) is 75.8 Å².